The number of fused-ring (bicyclic) bond motifs is 3. The van der Waals surface area contributed by atoms with Gasteiger partial charge in [-0.2, -0.15) is 5.10 Å². The van der Waals surface area contributed by atoms with Crippen molar-refractivity contribution < 1.29 is 13.9 Å². The molecule has 0 unspecified atom stereocenters. The molecular weight excluding hydrogens is 435 g/mol. The molecule has 0 N–H and O–H groups in total. The molecule has 0 aromatic heterocycles. The number of carbonyl (C=O) groups excluding carboxylic acids is 1. The number of rotatable bonds is 3. The molecule has 2 aliphatic rings. The minimum Gasteiger partial charge on any atom is -0.461 e. The van der Waals surface area contributed by atoms with E-state index in [-0.39, 0.29) is 17.6 Å². The van der Waals surface area contributed by atoms with E-state index < -0.39 is 6.23 Å². The lowest BCUT2D eigenvalue weighted by molar-refractivity contribution is -0.00459. The minimum atomic E-state index is -0.902. The topological polar surface area (TPSA) is 41.9 Å². The average Bonchev–Trinajstić information content (AvgIpc) is 3.20. The monoisotopic (exact) mass is 450 g/mol. The third-order valence-corrected chi connectivity index (χ3v) is 5.71. The van der Waals surface area contributed by atoms with Crippen molar-refractivity contribution in [2.24, 2.45) is 5.10 Å². The van der Waals surface area contributed by atoms with Crippen LogP contribution in [0.25, 0.3) is 0 Å². The van der Waals surface area contributed by atoms with Gasteiger partial charge in [-0.15, -0.1) is 0 Å². The largest absolute Gasteiger partial charge is 0.461 e. The van der Waals surface area contributed by atoms with Gasteiger partial charge in [0.15, 0.2) is 0 Å². The molecule has 0 amide bonds. The van der Waals surface area contributed by atoms with Gasteiger partial charge >= 0.3 is 0 Å². The van der Waals surface area contributed by atoms with Gasteiger partial charge in [-0.05, 0) is 48.0 Å². The van der Waals surface area contributed by atoms with E-state index in [1.54, 1.807) is 5.01 Å². The van der Waals surface area contributed by atoms with Gasteiger partial charge in [0.25, 0.3) is 6.23 Å². The lowest BCUT2D eigenvalue weighted by Crippen LogP contribution is -2.45. The maximum atomic E-state index is 13.3. The van der Waals surface area contributed by atoms with Gasteiger partial charge in [-0.1, -0.05) is 46.3 Å². The number of ketones is 1. The standard InChI is InChI=1S/C23H16BrFN2O2/c24-16-8-11-21-18(12-16)20-13-19(14-4-2-1-3-5-14)26-27(20)23(29-21)22(28)15-6-9-17(25)10-7-15/h1-12,20,23H,13H2/t20-,23+/m0/s1. The number of halogens is 2. The highest BCUT2D eigenvalue weighted by Gasteiger charge is 2.43. The van der Waals surface area contributed by atoms with Crippen molar-refractivity contribution in [1.29, 1.82) is 0 Å². The Bertz CT molecular complexity index is 1120. The van der Waals surface area contributed by atoms with Crippen LogP contribution in [-0.4, -0.2) is 22.7 Å². The summed E-state index contributed by atoms with van der Waals surface area (Å²) in [7, 11) is 0. The van der Waals surface area contributed by atoms with Crippen LogP contribution in [0.4, 0.5) is 4.39 Å². The minimum absolute atomic E-state index is 0.110. The van der Waals surface area contributed by atoms with Crippen molar-refractivity contribution in [2.45, 2.75) is 18.7 Å². The number of nitrogens with zero attached hydrogens (tertiary/aromatic N) is 2. The van der Waals surface area contributed by atoms with Crippen LogP contribution in [0.5, 0.6) is 5.75 Å². The molecule has 0 aliphatic carbocycles. The Balaban J connectivity index is 1.57. The van der Waals surface area contributed by atoms with Crippen molar-refractivity contribution in [1.82, 2.24) is 5.01 Å². The quantitative estimate of drug-likeness (QED) is 0.505. The number of hydrogen-bond donors (Lipinski definition) is 0. The maximum absolute atomic E-state index is 13.3. The predicted octanol–water partition coefficient (Wildman–Crippen LogP) is 5.34. The van der Waals surface area contributed by atoms with Crippen molar-refractivity contribution in [3.63, 3.8) is 0 Å². The zero-order valence-corrected chi connectivity index (χ0v) is 16.8. The Kier molecular flexibility index (Phi) is 4.43. The number of ether oxygens (including phenoxy) is 1. The summed E-state index contributed by atoms with van der Waals surface area (Å²) in [4.78, 5) is 13.2. The Hall–Kier alpha value is -2.99. The van der Waals surface area contributed by atoms with Crippen LogP contribution in [0.15, 0.2) is 82.4 Å². The number of Topliss-reactive ketones (excluding diaryl/α,β-unsaturated/α-hetero) is 1. The van der Waals surface area contributed by atoms with Crippen molar-refractivity contribution in [3.05, 3.63) is 99.8 Å². The Morgan fingerprint density at radius 2 is 1.83 bits per heavy atom. The first-order valence-corrected chi connectivity index (χ1v) is 10.1. The van der Waals surface area contributed by atoms with Crippen molar-refractivity contribution in [3.8, 4) is 5.75 Å². The lowest BCUT2D eigenvalue weighted by atomic mass is 9.96. The lowest BCUT2D eigenvalue weighted by Gasteiger charge is -2.37. The first kappa shape index (κ1) is 18.1. The van der Waals surface area contributed by atoms with Crippen LogP contribution in [0.3, 0.4) is 0 Å². The van der Waals surface area contributed by atoms with Crippen LogP contribution < -0.4 is 4.74 Å². The molecule has 4 nitrogen and oxygen atoms in total. The maximum Gasteiger partial charge on any atom is 0.251 e. The third kappa shape index (κ3) is 3.23. The fourth-order valence-electron chi connectivity index (χ4n) is 3.79. The van der Waals surface area contributed by atoms with E-state index in [9.17, 15) is 9.18 Å². The Morgan fingerprint density at radius 3 is 2.59 bits per heavy atom. The second-order valence-corrected chi connectivity index (χ2v) is 7.95. The van der Waals surface area contributed by atoms with Gasteiger partial charge in [0.05, 0.1) is 11.8 Å². The molecule has 3 aromatic rings. The smallest absolute Gasteiger partial charge is 0.251 e. The molecule has 2 atom stereocenters. The highest BCUT2D eigenvalue weighted by Crippen LogP contribution is 2.44. The molecule has 0 spiro atoms. The first-order valence-electron chi connectivity index (χ1n) is 9.27. The van der Waals surface area contributed by atoms with Crippen LogP contribution in [0.1, 0.15) is 33.9 Å². The highest BCUT2D eigenvalue weighted by atomic mass is 79.9. The molecule has 2 heterocycles. The van der Waals surface area contributed by atoms with E-state index in [0.29, 0.717) is 17.7 Å². The van der Waals surface area contributed by atoms with E-state index in [2.05, 4.69) is 15.9 Å². The van der Waals surface area contributed by atoms with Crippen LogP contribution >= 0.6 is 15.9 Å². The molecule has 0 fully saturated rings. The summed E-state index contributed by atoms with van der Waals surface area (Å²) >= 11 is 3.52. The molecule has 144 valence electrons. The second kappa shape index (κ2) is 7.12. The summed E-state index contributed by atoms with van der Waals surface area (Å²) < 4.78 is 20.3. The summed E-state index contributed by atoms with van der Waals surface area (Å²) in [6.07, 6.45) is -0.232. The SMILES string of the molecule is O=C(c1ccc(F)cc1)[C@H]1Oc2ccc(Br)cc2[C@@H]2CC(c3ccccc3)=NN12. The van der Waals surface area contributed by atoms with Gasteiger partial charge in [-0.25, -0.2) is 9.40 Å². The molecule has 3 aromatic carbocycles. The van der Waals surface area contributed by atoms with Crippen molar-refractivity contribution in [2.75, 3.05) is 0 Å². The summed E-state index contributed by atoms with van der Waals surface area (Å²) in [5.41, 5.74) is 3.30. The van der Waals surface area contributed by atoms with Crippen molar-refractivity contribution >= 4 is 27.4 Å². The Labute approximate surface area is 175 Å². The normalized spacial score (nSPS) is 19.8. The third-order valence-electron chi connectivity index (χ3n) is 5.21. The van der Waals surface area contributed by atoms with Gasteiger partial charge in [0.2, 0.25) is 5.78 Å². The molecule has 29 heavy (non-hydrogen) atoms. The molecule has 0 saturated heterocycles. The fraction of sp³-hybridized carbons (Fsp3) is 0.130. The highest BCUT2D eigenvalue weighted by molar-refractivity contribution is 9.10. The summed E-state index contributed by atoms with van der Waals surface area (Å²) in [5, 5.41) is 6.51. The van der Waals surface area contributed by atoms with E-state index >= 15 is 0 Å². The van der Waals surface area contributed by atoms with E-state index in [1.165, 1.54) is 24.3 Å². The van der Waals surface area contributed by atoms with Gasteiger partial charge in [-0.3, -0.25) is 4.79 Å². The number of benzene rings is 3. The molecule has 0 radical (unpaired) electrons. The average molecular weight is 451 g/mol. The zero-order chi connectivity index (χ0) is 20.0. The number of hydrogen-bond acceptors (Lipinski definition) is 4. The molecular formula is C23H16BrFN2O2. The Morgan fingerprint density at radius 1 is 1.07 bits per heavy atom. The summed E-state index contributed by atoms with van der Waals surface area (Å²) in [6.45, 7) is 0. The van der Waals surface area contributed by atoms with Gasteiger partial charge in [0, 0.05) is 22.0 Å². The van der Waals surface area contributed by atoms with E-state index in [1.807, 2.05) is 48.5 Å². The first-order chi connectivity index (χ1) is 14.1. The van der Waals surface area contributed by atoms with Gasteiger partial charge < -0.3 is 4.74 Å². The zero-order valence-electron chi connectivity index (χ0n) is 15.3. The molecule has 2 aliphatic heterocycles. The van der Waals surface area contributed by atoms with Crippen LogP contribution in [0, 0.1) is 5.82 Å². The summed E-state index contributed by atoms with van der Waals surface area (Å²) in [5.74, 6) is 0.0331. The molecule has 6 heteroatoms. The predicted molar refractivity (Wildman–Crippen MR) is 111 cm³/mol. The number of hydrazone groups is 1. The van der Waals surface area contributed by atoms with E-state index in [0.717, 1.165) is 21.3 Å². The second-order valence-electron chi connectivity index (χ2n) is 7.04. The van der Waals surface area contributed by atoms with Crippen LogP contribution in [0.2, 0.25) is 0 Å². The fourth-order valence-corrected chi connectivity index (χ4v) is 4.17. The van der Waals surface area contributed by atoms with Gasteiger partial charge in [0.1, 0.15) is 11.6 Å². The number of carbonyl (C=O) groups is 1. The molecule has 0 bridgehead atoms. The molecule has 0 saturated carbocycles. The molecule has 5 rings (SSSR count). The summed E-state index contributed by atoms with van der Waals surface area (Å²) in [6, 6.07) is 21.1. The van der Waals surface area contributed by atoms with Crippen LogP contribution in [-0.2, 0) is 0 Å². The van der Waals surface area contributed by atoms with E-state index in [4.69, 9.17) is 9.84 Å².